The highest BCUT2D eigenvalue weighted by atomic mass is 16.5. The first-order chi connectivity index (χ1) is 5.75. The van der Waals surface area contributed by atoms with Crippen molar-refractivity contribution in [2.75, 3.05) is 6.54 Å². The quantitative estimate of drug-likeness (QED) is 0.605. The number of hydrogen-bond donors (Lipinski definition) is 2. The molecule has 1 aliphatic heterocycles. The van der Waals surface area contributed by atoms with Crippen molar-refractivity contribution in [2.24, 2.45) is 0 Å². The fourth-order valence-electron chi connectivity index (χ4n) is 1.37. The molecule has 0 saturated carbocycles. The smallest absolute Gasteiger partial charge is 0.0867 e. The van der Waals surface area contributed by atoms with Crippen LogP contribution in [0.3, 0.4) is 0 Å². The lowest BCUT2D eigenvalue weighted by atomic mass is 10.0. The number of aliphatic hydroxyl groups is 1. The molecule has 0 aromatic rings. The van der Waals surface area contributed by atoms with Gasteiger partial charge in [-0.1, -0.05) is 6.08 Å². The molecule has 1 fully saturated rings. The molecule has 3 heteroatoms. The lowest BCUT2D eigenvalue weighted by Crippen LogP contribution is -2.51. The van der Waals surface area contributed by atoms with Gasteiger partial charge in [0.2, 0.25) is 0 Å². The van der Waals surface area contributed by atoms with Crippen LogP contribution in [-0.4, -0.2) is 29.9 Å². The maximum absolute atomic E-state index is 9.56. The summed E-state index contributed by atoms with van der Waals surface area (Å²) in [6, 6.07) is 0.0213. The van der Waals surface area contributed by atoms with Crippen molar-refractivity contribution in [3.8, 4) is 0 Å². The van der Waals surface area contributed by atoms with Crippen LogP contribution in [-0.2, 0) is 4.74 Å². The van der Waals surface area contributed by atoms with Gasteiger partial charge in [0.25, 0.3) is 0 Å². The summed E-state index contributed by atoms with van der Waals surface area (Å²) in [7, 11) is 0. The van der Waals surface area contributed by atoms with Crippen LogP contribution in [0.25, 0.3) is 0 Å². The summed E-state index contributed by atoms with van der Waals surface area (Å²) in [6.07, 6.45) is 2.07. The van der Waals surface area contributed by atoms with E-state index in [9.17, 15) is 5.11 Å². The van der Waals surface area contributed by atoms with Crippen molar-refractivity contribution < 1.29 is 9.84 Å². The minimum Gasteiger partial charge on any atom is -0.391 e. The van der Waals surface area contributed by atoms with Gasteiger partial charge in [0.05, 0.1) is 24.9 Å². The molecule has 2 N–H and O–H groups in total. The normalized spacial score (nSPS) is 36.3. The van der Waals surface area contributed by atoms with Crippen LogP contribution in [0, 0.1) is 6.61 Å². The first kappa shape index (κ1) is 9.71. The second kappa shape index (κ2) is 4.60. The molecule has 0 spiro atoms. The fraction of sp³-hybridized carbons (Fsp3) is 0.667. The zero-order valence-electron chi connectivity index (χ0n) is 7.36. The van der Waals surface area contributed by atoms with Gasteiger partial charge < -0.3 is 15.2 Å². The van der Waals surface area contributed by atoms with Crippen LogP contribution in [0.1, 0.15) is 13.3 Å². The van der Waals surface area contributed by atoms with Crippen LogP contribution >= 0.6 is 0 Å². The van der Waals surface area contributed by atoms with E-state index in [2.05, 4.69) is 11.9 Å². The van der Waals surface area contributed by atoms with Gasteiger partial charge in [-0.05, 0) is 6.92 Å². The van der Waals surface area contributed by atoms with Gasteiger partial charge in [0, 0.05) is 13.0 Å². The molecule has 1 heterocycles. The molecule has 1 saturated heterocycles. The third-order valence-electron chi connectivity index (χ3n) is 2.07. The molecular formula is C9H16NO2. The highest BCUT2D eigenvalue weighted by Gasteiger charge is 2.29. The van der Waals surface area contributed by atoms with Gasteiger partial charge in [-0.3, -0.25) is 0 Å². The summed E-state index contributed by atoms with van der Waals surface area (Å²) in [6.45, 7) is 7.92. The summed E-state index contributed by atoms with van der Waals surface area (Å²) >= 11 is 0. The summed E-state index contributed by atoms with van der Waals surface area (Å²) in [5, 5.41) is 12.7. The molecule has 0 aromatic heterocycles. The second-order valence-electron chi connectivity index (χ2n) is 3.03. The number of nitrogens with one attached hydrogen (secondary N) is 1. The second-order valence-corrected chi connectivity index (χ2v) is 3.03. The van der Waals surface area contributed by atoms with E-state index in [1.807, 2.05) is 6.92 Å². The van der Waals surface area contributed by atoms with E-state index in [-0.39, 0.29) is 18.2 Å². The monoisotopic (exact) mass is 170 g/mol. The Bertz CT molecular complexity index is 139. The van der Waals surface area contributed by atoms with Crippen molar-refractivity contribution >= 4 is 0 Å². The van der Waals surface area contributed by atoms with Crippen LogP contribution in [0.5, 0.6) is 0 Å². The van der Waals surface area contributed by atoms with E-state index in [1.165, 1.54) is 0 Å². The highest BCUT2D eigenvalue weighted by Crippen LogP contribution is 2.16. The predicted molar refractivity (Wildman–Crippen MR) is 47.5 cm³/mol. The van der Waals surface area contributed by atoms with E-state index in [0.717, 1.165) is 0 Å². The minimum atomic E-state index is -0.339. The largest absolute Gasteiger partial charge is 0.391 e. The van der Waals surface area contributed by atoms with Crippen LogP contribution in [0.15, 0.2) is 12.7 Å². The molecule has 12 heavy (non-hydrogen) atoms. The number of hydrogen-bond acceptors (Lipinski definition) is 3. The molecule has 0 aliphatic carbocycles. The van der Waals surface area contributed by atoms with Crippen molar-refractivity contribution in [3.05, 3.63) is 19.3 Å². The first-order valence-corrected chi connectivity index (χ1v) is 4.25. The van der Waals surface area contributed by atoms with Crippen molar-refractivity contribution in [1.29, 1.82) is 0 Å². The number of aliphatic hydroxyl groups excluding tert-OH is 1. The SMILES string of the molecule is C=CCNC1C(O)C[CH]OC1C. The molecule has 0 bridgehead atoms. The van der Waals surface area contributed by atoms with Gasteiger partial charge >= 0.3 is 0 Å². The predicted octanol–water partition coefficient (Wildman–Crippen LogP) is 0.462. The van der Waals surface area contributed by atoms with Crippen LogP contribution in [0.2, 0.25) is 0 Å². The molecule has 69 valence electrons. The lowest BCUT2D eigenvalue weighted by Gasteiger charge is -2.33. The van der Waals surface area contributed by atoms with Crippen molar-refractivity contribution in [2.45, 2.75) is 31.6 Å². The lowest BCUT2D eigenvalue weighted by molar-refractivity contribution is -0.0277. The standard InChI is InChI=1S/C9H16NO2/c1-3-5-10-9-7(2)12-6-4-8(9)11/h3,6-11H,1,4-5H2,2H3. The third kappa shape index (κ3) is 2.30. The van der Waals surface area contributed by atoms with E-state index < -0.39 is 0 Å². The Hall–Kier alpha value is -0.380. The molecule has 3 atom stereocenters. The first-order valence-electron chi connectivity index (χ1n) is 4.25. The Labute approximate surface area is 73.4 Å². The highest BCUT2D eigenvalue weighted by molar-refractivity contribution is 4.89. The Morgan fingerprint density at radius 3 is 3.17 bits per heavy atom. The van der Waals surface area contributed by atoms with Gasteiger partial charge in [-0.2, -0.15) is 0 Å². The summed E-state index contributed by atoms with van der Waals surface area (Å²) in [5.41, 5.74) is 0. The molecule has 3 nitrogen and oxygen atoms in total. The van der Waals surface area contributed by atoms with Gasteiger partial charge in [0.15, 0.2) is 0 Å². The van der Waals surface area contributed by atoms with E-state index in [4.69, 9.17) is 4.74 Å². The van der Waals surface area contributed by atoms with E-state index in [1.54, 1.807) is 12.7 Å². The maximum atomic E-state index is 9.56. The zero-order chi connectivity index (χ0) is 8.97. The van der Waals surface area contributed by atoms with Crippen LogP contribution in [0.4, 0.5) is 0 Å². The Morgan fingerprint density at radius 1 is 1.83 bits per heavy atom. The Kier molecular flexibility index (Phi) is 3.72. The number of ether oxygens (including phenoxy) is 1. The van der Waals surface area contributed by atoms with Crippen LogP contribution < -0.4 is 5.32 Å². The summed E-state index contributed by atoms with van der Waals surface area (Å²) in [5.74, 6) is 0. The molecular weight excluding hydrogens is 154 g/mol. The average Bonchev–Trinajstić information content (AvgIpc) is 2.04. The molecule has 1 aliphatic rings. The topological polar surface area (TPSA) is 41.5 Å². The van der Waals surface area contributed by atoms with Gasteiger partial charge in [0.1, 0.15) is 0 Å². The number of rotatable bonds is 3. The average molecular weight is 170 g/mol. The molecule has 3 unspecified atom stereocenters. The van der Waals surface area contributed by atoms with E-state index in [0.29, 0.717) is 13.0 Å². The van der Waals surface area contributed by atoms with Gasteiger partial charge in [-0.15, -0.1) is 6.58 Å². The van der Waals surface area contributed by atoms with Crippen molar-refractivity contribution in [1.82, 2.24) is 5.32 Å². The minimum absolute atomic E-state index is 0.0213. The van der Waals surface area contributed by atoms with Crippen molar-refractivity contribution in [3.63, 3.8) is 0 Å². The summed E-state index contributed by atoms with van der Waals surface area (Å²) < 4.78 is 5.28. The molecule has 0 amide bonds. The summed E-state index contributed by atoms with van der Waals surface area (Å²) in [4.78, 5) is 0. The molecule has 1 rings (SSSR count). The Morgan fingerprint density at radius 2 is 2.58 bits per heavy atom. The Balaban J connectivity index is 2.39. The molecule has 1 radical (unpaired) electrons. The third-order valence-corrected chi connectivity index (χ3v) is 2.07. The zero-order valence-corrected chi connectivity index (χ0v) is 7.36. The fourth-order valence-corrected chi connectivity index (χ4v) is 1.37. The van der Waals surface area contributed by atoms with Gasteiger partial charge in [-0.25, -0.2) is 0 Å². The molecule has 0 aromatic carbocycles. The van der Waals surface area contributed by atoms with E-state index >= 15 is 0 Å². The maximum Gasteiger partial charge on any atom is 0.0867 e.